The van der Waals surface area contributed by atoms with E-state index >= 15 is 0 Å². The Bertz CT molecular complexity index is 1090. The maximum atomic E-state index is 4.71. The molecule has 0 aliphatic carbocycles. The fraction of sp³-hybridized carbons (Fsp3) is 0. The summed E-state index contributed by atoms with van der Waals surface area (Å²) in [5.41, 5.74) is 6.11. The van der Waals surface area contributed by atoms with Crippen LogP contribution in [-0.4, -0.2) is 24.9 Å². The second kappa shape index (κ2) is 4.14. The molecule has 102 valence electrons. The second-order valence-corrected chi connectivity index (χ2v) is 5.09. The number of para-hydroxylation sites is 4. The summed E-state index contributed by atoms with van der Waals surface area (Å²) in [5, 5.41) is 0. The quantitative estimate of drug-likeness (QED) is 0.322. The molecule has 2 aromatic carbocycles. The van der Waals surface area contributed by atoms with Gasteiger partial charge in [-0.3, -0.25) is 0 Å². The van der Waals surface area contributed by atoms with Crippen molar-refractivity contribution in [1.82, 2.24) is 24.9 Å². The molecule has 3 aromatic heterocycles. The average Bonchev–Trinajstić information content (AvgIpc) is 2.58. The number of aromatic nitrogens is 5. The van der Waals surface area contributed by atoms with Crippen molar-refractivity contribution in [3.8, 4) is 0 Å². The SMILES string of the molecule is c1ccc2nc3c(cnc4nc5ccccc5nc43)nc2c1. The molecule has 0 bridgehead atoms. The van der Waals surface area contributed by atoms with Crippen LogP contribution in [0, 0.1) is 0 Å². The predicted octanol–water partition coefficient (Wildman–Crippen LogP) is 3.27. The highest BCUT2D eigenvalue weighted by atomic mass is 14.9. The van der Waals surface area contributed by atoms with Crippen LogP contribution in [0.4, 0.5) is 0 Å². The predicted molar refractivity (Wildman–Crippen MR) is 85.4 cm³/mol. The van der Waals surface area contributed by atoms with Crippen LogP contribution in [0.25, 0.3) is 44.3 Å². The number of fused-ring (bicyclic) bond motifs is 5. The maximum absolute atomic E-state index is 4.71. The van der Waals surface area contributed by atoms with Gasteiger partial charge in [0.2, 0.25) is 0 Å². The molecule has 5 aromatic rings. The summed E-state index contributed by atoms with van der Waals surface area (Å²) in [6.45, 7) is 0. The zero-order chi connectivity index (χ0) is 14.5. The summed E-state index contributed by atoms with van der Waals surface area (Å²) in [6.07, 6.45) is 1.71. The van der Waals surface area contributed by atoms with Crippen molar-refractivity contribution in [2.24, 2.45) is 0 Å². The number of hydrogen-bond donors (Lipinski definition) is 0. The molecule has 0 amide bonds. The van der Waals surface area contributed by atoms with Crippen LogP contribution in [0.5, 0.6) is 0 Å². The van der Waals surface area contributed by atoms with E-state index in [0.29, 0.717) is 11.2 Å². The largest absolute Gasteiger partial charge is 0.243 e. The molecule has 0 fully saturated rings. The molecule has 0 aliphatic heterocycles. The molecule has 0 spiro atoms. The van der Waals surface area contributed by atoms with Gasteiger partial charge in [0.15, 0.2) is 5.65 Å². The van der Waals surface area contributed by atoms with Crippen molar-refractivity contribution < 1.29 is 0 Å². The van der Waals surface area contributed by atoms with E-state index in [1.54, 1.807) is 6.20 Å². The highest BCUT2D eigenvalue weighted by Crippen LogP contribution is 2.22. The number of rotatable bonds is 0. The number of nitrogens with zero attached hydrogens (tertiary/aromatic N) is 5. The molecule has 0 unspecified atom stereocenters. The first-order valence-electron chi connectivity index (χ1n) is 6.96. The van der Waals surface area contributed by atoms with Gasteiger partial charge in [-0.25, -0.2) is 24.9 Å². The molecule has 0 aliphatic rings. The van der Waals surface area contributed by atoms with E-state index < -0.39 is 0 Å². The van der Waals surface area contributed by atoms with Gasteiger partial charge in [0.05, 0.1) is 28.3 Å². The first-order valence-corrected chi connectivity index (χ1v) is 6.96. The molecule has 22 heavy (non-hydrogen) atoms. The molecule has 5 heteroatoms. The van der Waals surface area contributed by atoms with Crippen LogP contribution in [0.2, 0.25) is 0 Å². The third-order valence-electron chi connectivity index (χ3n) is 3.68. The summed E-state index contributed by atoms with van der Waals surface area (Å²) < 4.78 is 0. The minimum absolute atomic E-state index is 0.593. The van der Waals surface area contributed by atoms with Gasteiger partial charge in [-0.05, 0) is 24.3 Å². The molecule has 5 nitrogen and oxygen atoms in total. The van der Waals surface area contributed by atoms with Crippen LogP contribution >= 0.6 is 0 Å². The van der Waals surface area contributed by atoms with Crippen molar-refractivity contribution in [2.45, 2.75) is 0 Å². The fourth-order valence-electron chi connectivity index (χ4n) is 2.64. The van der Waals surface area contributed by atoms with Crippen LogP contribution in [0.1, 0.15) is 0 Å². The molecular formula is C17H9N5. The molecule has 5 rings (SSSR count). The third kappa shape index (κ3) is 1.56. The topological polar surface area (TPSA) is 64.5 Å². The van der Waals surface area contributed by atoms with Crippen LogP contribution in [0.3, 0.4) is 0 Å². The van der Waals surface area contributed by atoms with E-state index in [2.05, 4.69) is 19.9 Å². The van der Waals surface area contributed by atoms with E-state index in [9.17, 15) is 0 Å². The Hall–Kier alpha value is -3.21. The van der Waals surface area contributed by atoms with Gasteiger partial charge in [-0.15, -0.1) is 0 Å². The van der Waals surface area contributed by atoms with Gasteiger partial charge in [-0.1, -0.05) is 24.3 Å². The Kier molecular flexibility index (Phi) is 2.16. The Balaban J connectivity index is 2.00. The average molecular weight is 283 g/mol. The molecule has 3 heterocycles. The molecule has 0 radical (unpaired) electrons. The standard InChI is InChI=1S/C17H9N5/c1-2-6-11-10(5-1)19-14-9-18-17-16(15(14)20-11)21-12-7-3-4-8-13(12)22-17/h1-9H. The van der Waals surface area contributed by atoms with E-state index in [1.807, 2.05) is 48.5 Å². The highest BCUT2D eigenvalue weighted by molar-refractivity contribution is 6.02. The smallest absolute Gasteiger partial charge is 0.181 e. The number of hydrogen-bond acceptors (Lipinski definition) is 5. The number of benzene rings is 2. The van der Waals surface area contributed by atoms with Crippen molar-refractivity contribution in [2.75, 3.05) is 0 Å². The Labute approximate surface area is 124 Å². The lowest BCUT2D eigenvalue weighted by molar-refractivity contribution is 1.27. The summed E-state index contributed by atoms with van der Waals surface area (Å²) in [4.78, 5) is 23.0. The van der Waals surface area contributed by atoms with Gasteiger partial charge in [0.25, 0.3) is 0 Å². The minimum Gasteiger partial charge on any atom is -0.243 e. The maximum Gasteiger partial charge on any atom is 0.181 e. The van der Waals surface area contributed by atoms with Gasteiger partial charge >= 0.3 is 0 Å². The normalized spacial score (nSPS) is 11.6. The van der Waals surface area contributed by atoms with Gasteiger partial charge in [0, 0.05) is 0 Å². The lowest BCUT2D eigenvalue weighted by atomic mass is 10.2. The molecular weight excluding hydrogens is 274 g/mol. The zero-order valence-electron chi connectivity index (χ0n) is 11.4. The number of pyridine rings is 1. The summed E-state index contributed by atoms with van der Waals surface area (Å²) in [5.74, 6) is 0. The lowest BCUT2D eigenvalue weighted by Gasteiger charge is -2.04. The van der Waals surface area contributed by atoms with Crippen LogP contribution in [-0.2, 0) is 0 Å². The molecule has 0 N–H and O–H groups in total. The lowest BCUT2D eigenvalue weighted by Crippen LogP contribution is -1.95. The zero-order valence-corrected chi connectivity index (χ0v) is 11.4. The monoisotopic (exact) mass is 283 g/mol. The van der Waals surface area contributed by atoms with Crippen molar-refractivity contribution in [3.05, 3.63) is 54.7 Å². The Morgan fingerprint density at radius 1 is 0.500 bits per heavy atom. The van der Waals surface area contributed by atoms with E-state index in [-0.39, 0.29) is 0 Å². The molecule has 0 saturated carbocycles. The van der Waals surface area contributed by atoms with Crippen molar-refractivity contribution in [1.29, 1.82) is 0 Å². The summed E-state index contributed by atoms with van der Waals surface area (Å²) in [7, 11) is 0. The van der Waals surface area contributed by atoms with Gasteiger partial charge in [-0.2, -0.15) is 0 Å². The first-order chi connectivity index (χ1) is 10.9. The molecule has 0 atom stereocenters. The van der Waals surface area contributed by atoms with Gasteiger partial charge in [0.1, 0.15) is 16.6 Å². The van der Waals surface area contributed by atoms with E-state index in [1.165, 1.54) is 0 Å². The van der Waals surface area contributed by atoms with Crippen molar-refractivity contribution >= 4 is 44.3 Å². The Morgan fingerprint density at radius 3 is 1.73 bits per heavy atom. The summed E-state index contributed by atoms with van der Waals surface area (Å²) >= 11 is 0. The van der Waals surface area contributed by atoms with E-state index in [4.69, 9.17) is 4.98 Å². The fourth-order valence-corrected chi connectivity index (χ4v) is 2.64. The third-order valence-corrected chi connectivity index (χ3v) is 3.68. The second-order valence-electron chi connectivity index (χ2n) is 5.09. The van der Waals surface area contributed by atoms with Gasteiger partial charge < -0.3 is 0 Å². The van der Waals surface area contributed by atoms with Crippen LogP contribution in [0.15, 0.2) is 54.7 Å². The highest BCUT2D eigenvalue weighted by Gasteiger charge is 2.10. The van der Waals surface area contributed by atoms with Crippen LogP contribution < -0.4 is 0 Å². The first kappa shape index (κ1) is 11.4. The van der Waals surface area contributed by atoms with E-state index in [0.717, 1.165) is 33.1 Å². The van der Waals surface area contributed by atoms with Crippen molar-refractivity contribution in [3.63, 3.8) is 0 Å². The Morgan fingerprint density at radius 2 is 1.05 bits per heavy atom. The molecule has 0 saturated heterocycles. The minimum atomic E-state index is 0.593. The summed E-state index contributed by atoms with van der Waals surface area (Å²) in [6, 6.07) is 15.5.